The Morgan fingerprint density at radius 2 is 1.97 bits per heavy atom. The van der Waals surface area contributed by atoms with E-state index in [0.29, 0.717) is 27.8 Å². The summed E-state index contributed by atoms with van der Waals surface area (Å²) < 4.78 is 10.9. The van der Waals surface area contributed by atoms with Crippen molar-refractivity contribution in [2.75, 3.05) is 32.7 Å². The second-order valence-electron chi connectivity index (χ2n) is 6.10. The highest BCUT2D eigenvalue weighted by molar-refractivity contribution is 6.31. The van der Waals surface area contributed by atoms with E-state index in [9.17, 15) is 9.59 Å². The van der Waals surface area contributed by atoms with E-state index in [-0.39, 0.29) is 18.4 Å². The zero-order chi connectivity index (χ0) is 22.1. The number of nitrogens with one attached hydrogen (secondary N) is 1. The molecule has 2 aromatic rings. The Balaban J connectivity index is 2.25. The molecule has 0 unspecified atom stereocenters. The van der Waals surface area contributed by atoms with E-state index in [1.807, 2.05) is 0 Å². The first-order valence-corrected chi connectivity index (χ1v) is 9.47. The molecule has 0 heterocycles. The summed E-state index contributed by atoms with van der Waals surface area (Å²) in [6, 6.07) is 10.1. The largest absolute Gasteiger partial charge is 0.493 e. The number of hydrogen-bond donors (Lipinski definition) is 1. The topological polar surface area (TPSA) is 67.9 Å². The molecule has 0 aliphatic rings. The van der Waals surface area contributed by atoms with Crippen molar-refractivity contribution in [2.24, 2.45) is 0 Å². The average molecular weight is 427 g/mol. The van der Waals surface area contributed by atoms with Gasteiger partial charge in [0, 0.05) is 25.2 Å². The molecule has 1 N–H and O–H groups in total. The van der Waals surface area contributed by atoms with Gasteiger partial charge in [0.1, 0.15) is 6.61 Å². The van der Waals surface area contributed by atoms with Crippen LogP contribution in [0.5, 0.6) is 11.5 Å². The highest BCUT2D eigenvalue weighted by Crippen LogP contribution is 2.29. The number of benzene rings is 2. The number of halogens is 1. The van der Waals surface area contributed by atoms with Gasteiger partial charge in [0.2, 0.25) is 0 Å². The third-order valence-electron chi connectivity index (χ3n) is 4.21. The Kier molecular flexibility index (Phi) is 8.33. The highest BCUT2D eigenvalue weighted by Gasteiger charge is 2.17. The van der Waals surface area contributed by atoms with E-state index in [4.69, 9.17) is 21.1 Å². The SMILES string of the molecule is CC#CCOc1cc(/C=C/C(=O)N(C)c2cc(Cl)ccc2C(=O)NC)ccc1OC. The summed E-state index contributed by atoms with van der Waals surface area (Å²) in [6.45, 7) is 1.97. The Bertz CT molecular complexity index is 1020. The summed E-state index contributed by atoms with van der Waals surface area (Å²) in [4.78, 5) is 26.2. The second kappa shape index (κ2) is 10.9. The van der Waals surface area contributed by atoms with Crippen LogP contribution in [0.1, 0.15) is 22.8 Å². The fourth-order valence-electron chi connectivity index (χ4n) is 2.60. The molecule has 0 spiro atoms. The molecule has 156 valence electrons. The second-order valence-corrected chi connectivity index (χ2v) is 6.53. The summed E-state index contributed by atoms with van der Waals surface area (Å²) in [6.07, 6.45) is 3.06. The third kappa shape index (κ3) is 5.79. The normalized spacial score (nSPS) is 10.2. The van der Waals surface area contributed by atoms with Gasteiger partial charge in [0.05, 0.1) is 18.4 Å². The first kappa shape index (κ1) is 22.9. The number of carbonyl (C=O) groups excluding carboxylic acids is 2. The predicted octanol–water partition coefficient (Wildman–Crippen LogP) is 3.79. The summed E-state index contributed by atoms with van der Waals surface area (Å²) in [5.74, 6) is 6.06. The number of nitrogens with zero attached hydrogens (tertiary/aromatic N) is 1. The van der Waals surface area contributed by atoms with Crippen molar-refractivity contribution < 1.29 is 19.1 Å². The maximum absolute atomic E-state index is 12.7. The van der Waals surface area contributed by atoms with E-state index in [2.05, 4.69) is 17.2 Å². The number of likely N-dealkylation sites (N-methyl/N-ethyl adjacent to an activating group) is 1. The van der Waals surface area contributed by atoms with E-state index in [1.54, 1.807) is 63.6 Å². The van der Waals surface area contributed by atoms with Crippen molar-refractivity contribution in [3.63, 3.8) is 0 Å². The van der Waals surface area contributed by atoms with Crippen LogP contribution in [0.2, 0.25) is 5.02 Å². The number of ether oxygens (including phenoxy) is 2. The quantitative estimate of drug-likeness (QED) is 0.540. The molecule has 7 heteroatoms. The van der Waals surface area contributed by atoms with Gasteiger partial charge in [-0.25, -0.2) is 0 Å². The number of methoxy groups -OCH3 is 1. The fourth-order valence-corrected chi connectivity index (χ4v) is 2.77. The van der Waals surface area contributed by atoms with Crippen LogP contribution >= 0.6 is 11.6 Å². The van der Waals surface area contributed by atoms with Crippen LogP contribution in [0.4, 0.5) is 5.69 Å². The van der Waals surface area contributed by atoms with Gasteiger partial charge < -0.3 is 19.7 Å². The molecule has 0 saturated carbocycles. The van der Waals surface area contributed by atoms with Gasteiger partial charge in [-0.15, -0.1) is 5.92 Å². The number of amides is 2. The number of anilines is 1. The van der Waals surface area contributed by atoms with E-state index >= 15 is 0 Å². The van der Waals surface area contributed by atoms with Crippen LogP contribution in [0.15, 0.2) is 42.5 Å². The predicted molar refractivity (Wildman–Crippen MR) is 119 cm³/mol. The van der Waals surface area contributed by atoms with Crippen LogP contribution in [0.3, 0.4) is 0 Å². The van der Waals surface area contributed by atoms with Crippen molar-refractivity contribution in [3.8, 4) is 23.3 Å². The zero-order valence-electron chi connectivity index (χ0n) is 17.3. The molecular formula is C23H23ClN2O4. The molecule has 0 aliphatic carbocycles. The summed E-state index contributed by atoms with van der Waals surface area (Å²) in [7, 11) is 4.66. The van der Waals surface area contributed by atoms with Crippen molar-refractivity contribution in [1.29, 1.82) is 0 Å². The lowest BCUT2D eigenvalue weighted by Gasteiger charge is -2.19. The first-order chi connectivity index (χ1) is 14.4. The standard InChI is InChI=1S/C23H23ClN2O4/c1-5-6-13-30-21-14-16(7-11-20(21)29-4)8-12-22(27)26(3)19-15-17(24)9-10-18(19)23(28)25-2/h7-12,14-15H,13H2,1-4H3,(H,25,28)/b12-8+. The van der Waals surface area contributed by atoms with Gasteiger partial charge >= 0.3 is 0 Å². The number of hydrogen-bond acceptors (Lipinski definition) is 4. The Labute approximate surface area is 181 Å². The minimum absolute atomic E-state index is 0.235. The van der Waals surface area contributed by atoms with Gasteiger partial charge in [0.15, 0.2) is 11.5 Å². The summed E-state index contributed by atoms with van der Waals surface area (Å²) in [5, 5.41) is 2.98. The molecule has 0 saturated heterocycles. The molecule has 2 amide bonds. The molecule has 0 atom stereocenters. The molecule has 0 aliphatic heterocycles. The Hall–Kier alpha value is -3.43. The van der Waals surface area contributed by atoms with Crippen LogP contribution < -0.4 is 19.7 Å². The van der Waals surface area contributed by atoms with Crippen LogP contribution in [0.25, 0.3) is 6.08 Å². The van der Waals surface area contributed by atoms with E-state index < -0.39 is 0 Å². The van der Waals surface area contributed by atoms with Crippen LogP contribution in [-0.4, -0.2) is 39.6 Å². The molecule has 6 nitrogen and oxygen atoms in total. The fraction of sp³-hybridized carbons (Fsp3) is 0.217. The lowest BCUT2D eigenvalue weighted by molar-refractivity contribution is -0.113. The van der Waals surface area contributed by atoms with Gasteiger partial charge in [-0.05, 0) is 48.9 Å². The van der Waals surface area contributed by atoms with E-state index in [0.717, 1.165) is 5.56 Å². The van der Waals surface area contributed by atoms with Crippen molar-refractivity contribution in [1.82, 2.24) is 5.32 Å². The van der Waals surface area contributed by atoms with E-state index in [1.165, 1.54) is 18.0 Å². The van der Waals surface area contributed by atoms with Gasteiger partial charge in [0.25, 0.3) is 11.8 Å². The maximum Gasteiger partial charge on any atom is 0.253 e. The van der Waals surface area contributed by atoms with Crippen LogP contribution in [-0.2, 0) is 4.79 Å². The van der Waals surface area contributed by atoms with Gasteiger partial charge in [-0.1, -0.05) is 23.6 Å². The maximum atomic E-state index is 12.7. The van der Waals surface area contributed by atoms with Crippen LogP contribution in [0, 0.1) is 11.8 Å². The molecule has 0 aromatic heterocycles. The Morgan fingerprint density at radius 1 is 1.20 bits per heavy atom. The summed E-state index contributed by atoms with van der Waals surface area (Å²) >= 11 is 6.06. The Morgan fingerprint density at radius 3 is 2.63 bits per heavy atom. The molecule has 2 rings (SSSR count). The minimum Gasteiger partial charge on any atom is -0.493 e. The molecule has 2 aromatic carbocycles. The lowest BCUT2D eigenvalue weighted by atomic mass is 10.1. The lowest BCUT2D eigenvalue weighted by Crippen LogP contribution is -2.28. The van der Waals surface area contributed by atoms with Crippen molar-refractivity contribution in [2.45, 2.75) is 6.92 Å². The monoisotopic (exact) mass is 426 g/mol. The molecular weight excluding hydrogens is 404 g/mol. The smallest absolute Gasteiger partial charge is 0.253 e. The molecule has 30 heavy (non-hydrogen) atoms. The molecule has 0 bridgehead atoms. The van der Waals surface area contributed by atoms with Gasteiger partial charge in [-0.2, -0.15) is 0 Å². The summed E-state index contributed by atoms with van der Waals surface area (Å²) in [5.41, 5.74) is 1.51. The van der Waals surface area contributed by atoms with Gasteiger partial charge in [-0.3, -0.25) is 9.59 Å². The number of rotatable bonds is 7. The first-order valence-electron chi connectivity index (χ1n) is 9.09. The average Bonchev–Trinajstić information content (AvgIpc) is 2.76. The van der Waals surface area contributed by atoms with Crippen molar-refractivity contribution >= 4 is 35.2 Å². The highest BCUT2D eigenvalue weighted by atomic mass is 35.5. The number of carbonyl (C=O) groups is 2. The third-order valence-corrected chi connectivity index (χ3v) is 4.44. The zero-order valence-corrected chi connectivity index (χ0v) is 18.0. The minimum atomic E-state index is -0.322. The molecule has 0 fully saturated rings. The van der Waals surface area contributed by atoms with Crippen molar-refractivity contribution in [3.05, 3.63) is 58.6 Å². The molecule has 0 radical (unpaired) electrons.